The van der Waals surface area contributed by atoms with E-state index in [9.17, 15) is 4.79 Å². The van der Waals surface area contributed by atoms with Gasteiger partial charge in [0.1, 0.15) is 0 Å². The van der Waals surface area contributed by atoms with Gasteiger partial charge in [-0.1, -0.05) is 0 Å². The van der Waals surface area contributed by atoms with Crippen molar-refractivity contribution >= 4 is 22.4 Å². The first-order valence-corrected chi connectivity index (χ1v) is 7.68. The summed E-state index contributed by atoms with van der Waals surface area (Å²) in [5, 5.41) is 6.23. The highest BCUT2D eigenvalue weighted by Gasteiger charge is 2.22. The Labute approximate surface area is 118 Å². The van der Waals surface area contributed by atoms with E-state index in [-0.39, 0.29) is 5.91 Å². The van der Waals surface area contributed by atoms with Gasteiger partial charge >= 0.3 is 0 Å². The van der Waals surface area contributed by atoms with E-state index in [1.54, 1.807) is 11.3 Å². The van der Waals surface area contributed by atoms with Gasteiger partial charge in [0.2, 0.25) is 5.91 Å². The van der Waals surface area contributed by atoms with Crippen molar-refractivity contribution in [2.45, 2.75) is 19.8 Å². The van der Waals surface area contributed by atoms with Crippen LogP contribution >= 0.6 is 11.3 Å². The number of rotatable bonds is 5. The smallest absolute Gasteiger partial charge is 0.222 e. The molecule has 0 aromatic carbocycles. The second kappa shape index (κ2) is 6.86. The number of nitrogens with one attached hydrogen (secondary N) is 1. The number of aromatic nitrogens is 1. The Kier molecular flexibility index (Phi) is 5.15. The molecule has 1 aromatic heterocycles. The number of anilines is 1. The molecule has 0 unspecified atom stereocenters. The van der Waals surface area contributed by atoms with Gasteiger partial charge in [-0.3, -0.25) is 4.79 Å². The average Bonchev–Trinajstić information content (AvgIpc) is 2.86. The summed E-state index contributed by atoms with van der Waals surface area (Å²) in [7, 11) is 1.92. The van der Waals surface area contributed by atoms with Gasteiger partial charge in [-0.2, -0.15) is 0 Å². The van der Waals surface area contributed by atoms with E-state index in [1.165, 1.54) is 0 Å². The van der Waals surface area contributed by atoms with E-state index in [2.05, 4.69) is 20.6 Å². The lowest BCUT2D eigenvalue weighted by Crippen LogP contribution is -2.48. The summed E-state index contributed by atoms with van der Waals surface area (Å²) in [5.41, 5.74) is 1.07. The first-order chi connectivity index (χ1) is 9.20. The van der Waals surface area contributed by atoms with E-state index >= 15 is 0 Å². The van der Waals surface area contributed by atoms with Crippen molar-refractivity contribution in [2.24, 2.45) is 0 Å². The minimum atomic E-state index is 0.283. The molecule has 1 N–H and O–H groups in total. The minimum absolute atomic E-state index is 0.283. The number of nitrogens with zero attached hydrogens (tertiary/aromatic N) is 3. The number of aryl methyl sites for hydroxylation is 1. The molecule has 5 nitrogen and oxygen atoms in total. The molecule has 2 rings (SSSR count). The van der Waals surface area contributed by atoms with Crippen molar-refractivity contribution in [1.29, 1.82) is 0 Å². The lowest BCUT2D eigenvalue weighted by atomic mass is 10.2. The third-order valence-electron chi connectivity index (χ3n) is 3.33. The topological polar surface area (TPSA) is 48.5 Å². The summed E-state index contributed by atoms with van der Waals surface area (Å²) < 4.78 is 0. The molecule has 0 spiro atoms. The Hall–Kier alpha value is -1.14. The maximum absolute atomic E-state index is 12.0. The summed E-state index contributed by atoms with van der Waals surface area (Å²) in [6.45, 7) is 6.34. The van der Waals surface area contributed by atoms with E-state index in [0.717, 1.165) is 50.0 Å². The van der Waals surface area contributed by atoms with Crippen LogP contribution in [0.5, 0.6) is 0 Å². The molecule has 0 radical (unpaired) electrons. The van der Waals surface area contributed by atoms with Gasteiger partial charge in [0, 0.05) is 38.0 Å². The summed E-state index contributed by atoms with van der Waals surface area (Å²) in [6, 6.07) is 0. The van der Waals surface area contributed by atoms with Crippen LogP contribution in [0.15, 0.2) is 5.38 Å². The fraction of sp³-hybridized carbons (Fsp3) is 0.692. The second-order valence-electron chi connectivity index (χ2n) is 4.85. The van der Waals surface area contributed by atoms with Crippen molar-refractivity contribution in [3.8, 4) is 0 Å². The Morgan fingerprint density at radius 1 is 1.42 bits per heavy atom. The average molecular weight is 282 g/mol. The minimum Gasteiger partial charge on any atom is -0.345 e. The van der Waals surface area contributed by atoms with Gasteiger partial charge in [-0.15, -0.1) is 11.3 Å². The first-order valence-electron chi connectivity index (χ1n) is 6.80. The van der Waals surface area contributed by atoms with Crippen molar-refractivity contribution in [1.82, 2.24) is 15.2 Å². The van der Waals surface area contributed by atoms with Crippen LogP contribution in [0, 0.1) is 6.92 Å². The molecule has 1 aliphatic rings. The standard InChI is InChI=1S/C13H22N4OS/c1-11-10-19-13(15-11)17-8-6-16(7-9-17)12(18)4-3-5-14-2/h10,14H,3-9H2,1-2H3. The van der Waals surface area contributed by atoms with Crippen molar-refractivity contribution in [3.63, 3.8) is 0 Å². The largest absolute Gasteiger partial charge is 0.345 e. The molecule has 106 valence electrons. The molecule has 0 atom stereocenters. The first kappa shape index (κ1) is 14.3. The summed E-state index contributed by atoms with van der Waals surface area (Å²) >= 11 is 1.69. The molecule has 0 bridgehead atoms. The van der Waals surface area contributed by atoms with Crippen LogP contribution in [-0.2, 0) is 4.79 Å². The molecular formula is C13H22N4OS. The van der Waals surface area contributed by atoms with Crippen molar-refractivity contribution in [3.05, 3.63) is 11.1 Å². The zero-order chi connectivity index (χ0) is 13.7. The van der Waals surface area contributed by atoms with Crippen molar-refractivity contribution < 1.29 is 4.79 Å². The van der Waals surface area contributed by atoms with Gasteiger partial charge in [0.25, 0.3) is 0 Å². The Morgan fingerprint density at radius 3 is 2.74 bits per heavy atom. The fourth-order valence-electron chi connectivity index (χ4n) is 2.21. The zero-order valence-electron chi connectivity index (χ0n) is 11.7. The maximum atomic E-state index is 12.0. The van der Waals surface area contributed by atoms with Crippen LogP contribution in [0.2, 0.25) is 0 Å². The molecule has 1 aliphatic heterocycles. The van der Waals surface area contributed by atoms with Gasteiger partial charge in [-0.25, -0.2) is 4.98 Å². The summed E-state index contributed by atoms with van der Waals surface area (Å²) in [6.07, 6.45) is 1.57. The quantitative estimate of drug-likeness (QED) is 0.822. The predicted octanol–water partition coefficient (Wildman–Crippen LogP) is 1.10. The van der Waals surface area contributed by atoms with E-state index < -0.39 is 0 Å². The van der Waals surface area contributed by atoms with Crippen LogP contribution in [0.25, 0.3) is 0 Å². The third kappa shape index (κ3) is 3.91. The normalized spacial score (nSPS) is 15.9. The molecule has 0 aliphatic carbocycles. The number of hydrogen-bond acceptors (Lipinski definition) is 5. The van der Waals surface area contributed by atoms with Gasteiger partial charge < -0.3 is 15.1 Å². The molecule has 1 fully saturated rings. The summed E-state index contributed by atoms with van der Waals surface area (Å²) in [4.78, 5) is 20.7. The molecule has 1 aromatic rings. The number of hydrogen-bond donors (Lipinski definition) is 1. The fourth-order valence-corrected chi connectivity index (χ4v) is 3.07. The number of thiazole rings is 1. The number of carbonyl (C=O) groups excluding carboxylic acids is 1. The molecule has 19 heavy (non-hydrogen) atoms. The Balaban J connectivity index is 1.77. The van der Waals surface area contributed by atoms with Crippen LogP contribution < -0.4 is 10.2 Å². The highest BCUT2D eigenvalue weighted by molar-refractivity contribution is 7.13. The maximum Gasteiger partial charge on any atom is 0.222 e. The zero-order valence-corrected chi connectivity index (χ0v) is 12.5. The highest BCUT2D eigenvalue weighted by atomic mass is 32.1. The van der Waals surface area contributed by atoms with E-state index in [4.69, 9.17) is 0 Å². The molecule has 0 saturated carbocycles. The van der Waals surface area contributed by atoms with Crippen LogP contribution in [0.4, 0.5) is 5.13 Å². The third-order valence-corrected chi connectivity index (χ3v) is 4.35. The van der Waals surface area contributed by atoms with E-state index in [1.807, 2.05) is 18.9 Å². The Morgan fingerprint density at radius 2 is 2.16 bits per heavy atom. The van der Waals surface area contributed by atoms with Gasteiger partial charge in [-0.05, 0) is 26.9 Å². The SMILES string of the molecule is CNCCCC(=O)N1CCN(c2nc(C)cs2)CC1. The van der Waals surface area contributed by atoms with Crippen molar-refractivity contribution in [2.75, 3.05) is 44.7 Å². The van der Waals surface area contributed by atoms with Crippen LogP contribution in [-0.4, -0.2) is 55.6 Å². The molecule has 1 amide bonds. The number of piperazine rings is 1. The molecule has 2 heterocycles. The monoisotopic (exact) mass is 282 g/mol. The number of carbonyl (C=O) groups is 1. The Bertz CT molecular complexity index is 413. The summed E-state index contributed by atoms with van der Waals surface area (Å²) in [5.74, 6) is 0.283. The predicted molar refractivity (Wildman–Crippen MR) is 78.8 cm³/mol. The molecule has 1 saturated heterocycles. The van der Waals surface area contributed by atoms with Crippen LogP contribution in [0.1, 0.15) is 18.5 Å². The van der Waals surface area contributed by atoms with Crippen LogP contribution in [0.3, 0.4) is 0 Å². The molecule has 6 heteroatoms. The second-order valence-corrected chi connectivity index (χ2v) is 5.68. The lowest BCUT2D eigenvalue weighted by molar-refractivity contribution is -0.131. The highest BCUT2D eigenvalue weighted by Crippen LogP contribution is 2.21. The van der Waals surface area contributed by atoms with Gasteiger partial charge in [0.15, 0.2) is 5.13 Å². The molecular weight excluding hydrogens is 260 g/mol. The number of amides is 1. The van der Waals surface area contributed by atoms with Gasteiger partial charge in [0.05, 0.1) is 5.69 Å². The van der Waals surface area contributed by atoms with E-state index in [0.29, 0.717) is 6.42 Å². The lowest BCUT2D eigenvalue weighted by Gasteiger charge is -2.34.